The molecule has 0 spiro atoms. The van der Waals surface area contributed by atoms with Crippen molar-refractivity contribution in [1.29, 1.82) is 0 Å². The zero-order valence-corrected chi connectivity index (χ0v) is 8.37. The summed E-state index contributed by atoms with van der Waals surface area (Å²) in [6, 6.07) is -0.124. The Morgan fingerprint density at radius 1 is 1.45 bits per heavy atom. The van der Waals surface area contributed by atoms with Crippen LogP contribution < -0.4 is 4.72 Å². The highest BCUT2D eigenvalue weighted by Gasteiger charge is 2.12. The van der Waals surface area contributed by atoms with Crippen LogP contribution in [0.1, 0.15) is 20.3 Å². The van der Waals surface area contributed by atoms with Crippen molar-refractivity contribution in [1.82, 2.24) is 4.72 Å². The van der Waals surface area contributed by atoms with Crippen LogP contribution in [0.15, 0.2) is 0 Å². The van der Waals surface area contributed by atoms with Gasteiger partial charge in [-0.2, -0.15) is 0 Å². The largest absolute Gasteiger partial charge is 0.212 e. The van der Waals surface area contributed by atoms with E-state index in [1.807, 2.05) is 6.92 Å². The number of halogens is 1. The number of nitrogens with one attached hydrogen (secondary N) is 1. The Morgan fingerprint density at radius 3 is 2.27 bits per heavy atom. The van der Waals surface area contributed by atoms with Crippen LogP contribution >= 0.6 is 11.6 Å². The fraction of sp³-hybridized carbons (Fsp3) is 1.00. The minimum absolute atomic E-state index is 0.111. The van der Waals surface area contributed by atoms with E-state index in [-0.39, 0.29) is 11.8 Å². The minimum Gasteiger partial charge on any atom is -0.212 e. The van der Waals surface area contributed by atoms with Gasteiger partial charge in [0.1, 0.15) is 0 Å². The molecule has 0 bridgehead atoms. The molecule has 0 saturated carbocycles. The van der Waals surface area contributed by atoms with E-state index in [1.165, 1.54) is 0 Å². The van der Waals surface area contributed by atoms with Gasteiger partial charge in [-0.25, -0.2) is 13.1 Å². The molecule has 1 unspecified atom stereocenters. The lowest BCUT2D eigenvalue weighted by molar-refractivity contribution is 0.558. The monoisotopic (exact) mass is 199 g/mol. The van der Waals surface area contributed by atoms with E-state index in [2.05, 4.69) is 4.72 Å². The molecular weight excluding hydrogens is 186 g/mol. The molecule has 3 nitrogen and oxygen atoms in total. The molecule has 0 fully saturated rings. The fourth-order valence-electron chi connectivity index (χ4n) is 0.561. The molecule has 0 saturated heterocycles. The van der Waals surface area contributed by atoms with Gasteiger partial charge in [0.25, 0.3) is 0 Å². The van der Waals surface area contributed by atoms with Crippen LogP contribution in [0.2, 0.25) is 0 Å². The zero-order valence-electron chi connectivity index (χ0n) is 6.80. The molecule has 0 amide bonds. The maximum Gasteiger partial charge on any atom is 0.211 e. The van der Waals surface area contributed by atoms with Crippen molar-refractivity contribution in [3.8, 4) is 0 Å². The average Bonchev–Trinajstić information content (AvgIpc) is 2.00. The first kappa shape index (κ1) is 11.2. The van der Waals surface area contributed by atoms with Gasteiger partial charge in [-0.15, -0.1) is 11.6 Å². The molecule has 0 radical (unpaired) electrons. The van der Waals surface area contributed by atoms with E-state index in [0.717, 1.165) is 6.42 Å². The Bertz CT molecular complexity index is 187. The summed E-state index contributed by atoms with van der Waals surface area (Å²) < 4.78 is 24.4. The van der Waals surface area contributed by atoms with Crippen molar-refractivity contribution in [3.05, 3.63) is 0 Å². The van der Waals surface area contributed by atoms with Gasteiger partial charge in [0.05, 0.1) is 5.75 Å². The smallest absolute Gasteiger partial charge is 0.211 e. The predicted molar refractivity (Wildman–Crippen MR) is 47.4 cm³/mol. The quantitative estimate of drug-likeness (QED) is 0.670. The Kier molecular flexibility index (Phi) is 5.04. The molecular formula is C6H14ClNO2S. The summed E-state index contributed by atoms with van der Waals surface area (Å²) in [5.41, 5.74) is 0. The third-order valence-electron chi connectivity index (χ3n) is 1.41. The van der Waals surface area contributed by atoms with Gasteiger partial charge in [-0.05, 0) is 13.3 Å². The van der Waals surface area contributed by atoms with Crippen LogP contribution in [0.4, 0.5) is 0 Å². The first-order chi connectivity index (χ1) is 5.05. The molecule has 0 aromatic carbocycles. The summed E-state index contributed by atoms with van der Waals surface area (Å²) in [7, 11) is -3.08. The van der Waals surface area contributed by atoms with Crippen LogP contribution in [0.3, 0.4) is 0 Å². The number of alkyl halides is 1. The third-order valence-corrected chi connectivity index (χ3v) is 3.23. The molecule has 0 aliphatic rings. The van der Waals surface area contributed by atoms with Crippen molar-refractivity contribution in [2.75, 3.05) is 11.6 Å². The van der Waals surface area contributed by atoms with Gasteiger partial charge in [0.2, 0.25) is 10.0 Å². The number of sulfonamides is 1. The molecule has 5 heteroatoms. The Balaban J connectivity index is 4.01. The zero-order chi connectivity index (χ0) is 8.91. The van der Waals surface area contributed by atoms with E-state index in [1.54, 1.807) is 6.92 Å². The second-order valence-corrected chi connectivity index (χ2v) is 4.63. The molecule has 0 aliphatic heterocycles. The van der Waals surface area contributed by atoms with Crippen LogP contribution in [-0.4, -0.2) is 26.1 Å². The van der Waals surface area contributed by atoms with E-state index < -0.39 is 10.0 Å². The van der Waals surface area contributed by atoms with E-state index in [0.29, 0.717) is 5.88 Å². The standard InChI is InChI=1S/C6H14ClNO2S/c1-3-6(5-7)8-11(9,10)4-2/h6,8H,3-5H2,1-2H3. The normalized spacial score (nSPS) is 14.8. The Labute approximate surface area is 73.2 Å². The number of hydrogen-bond donors (Lipinski definition) is 1. The minimum atomic E-state index is -3.08. The Morgan fingerprint density at radius 2 is 2.00 bits per heavy atom. The summed E-state index contributed by atoms with van der Waals surface area (Å²) >= 11 is 5.50. The van der Waals surface area contributed by atoms with Gasteiger partial charge < -0.3 is 0 Å². The molecule has 0 heterocycles. The molecule has 68 valence electrons. The molecule has 11 heavy (non-hydrogen) atoms. The van der Waals surface area contributed by atoms with Crippen molar-refractivity contribution in [2.24, 2.45) is 0 Å². The van der Waals surface area contributed by atoms with E-state index in [9.17, 15) is 8.42 Å². The SMILES string of the molecule is CCC(CCl)NS(=O)(=O)CC. The van der Waals surface area contributed by atoms with Gasteiger partial charge in [-0.3, -0.25) is 0 Å². The number of rotatable bonds is 5. The lowest BCUT2D eigenvalue weighted by Gasteiger charge is -2.12. The predicted octanol–water partition coefficient (Wildman–Crippen LogP) is 0.943. The molecule has 0 rings (SSSR count). The second-order valence-electron chi connectivity index (χ2n) is 2.28. The number of hydrogen-bond acceptors (Lipinski definition) is 2. The van der Waals surface area contributed by atoms with Crippen molar-refractivity contribution in [3.63, 3.8) is 0 Å². The van der Waals surface area contributed by atoms with Gasteiger partial charge in [0.15, 0.2) is 0 Å². The van der Waals surface area contributed by atoms with Crippen LogP contribution in [0.25, 0.3) is 0 Å². The summed E-state index contributed by atoms with van der Waals surface area (Å²) in [6.45, 7) is 3.49. The van der Waals surface area contributed by atoms with Gasteiger partial charge >= 0.3 is 0 Å². The Hall–Kier alpha value is 0.200. The maximum absolute atomic E-state index is 11.0. The highest BCUT2D eigenvalue weighted by Crippen LogP contribution is 1.96. The summed E-state index contributed by atoms with van der Waals surface area (Å²) in [5.74, 6) is 0.441. The van der Waals surface area contributed by atoms with Crippen molar-refractivity contribution < 1.29 is 8.42 Å². The molecule has 0 aromatic rings. The van der Waals surface area contributed by atoms with Crippen molar-refractivity contribution in [2.45, 2.75) is 26.3 Å². The van der Waals surface area contributed by atoms with E-state index >= 15 is 0 Å². The second kappa shape index (κ2) is 4.95. The fourth-order valence-corrected chi connectivity index (χ4v) is 1.87. The third kappa shape index (κ3) is 4.61. The average molecular weight is 200 g/mol. The van der Waals surface area contributed by atoms with Crippen LogP contribution in [-0.2, 0) is 10.0 Å². The first-order valence-electron chi connectivity index (χ1n) is 3.61. The lowest BCUT2D eigenvalue weighted by atomic mass is 10.3. The highest BCUT2D eigenvalue weighted by molar-refractivity contribution is 7.89. The van der Waals surface area contributed by atoms with Crippen molar-refractivity contribution >= 4 is 21.6 Å². The lowest BCUT2D eigenvalue weighted by Crippen LogP contribution is -2.36. The van der Waals surface area contributed by atoms with Gasteiger partial charge in [-0.1, -0.05) is 6.92 Å². The summed E-state index contributed by atoms with van der Waals surface area (Å²) in [4.78, 5) is 0. The maximum atomic E-state index is 11.0. The molecule has 1 atom stereocenters. The first-order valence-corrected chi connectivity index (χ1v) is 5.80. The topological polar surface area (TPSA) is 46.2 Å². The summed E-state index contributed by atoms with van der Waals surface area (Å²) in [5, 5.41) is 0. The highest BCUT2D eigenvalue weighted by atomic mass is 35.5. The molecule has 0 aromatic heterocycles. The summed E-state index contributed by atoms with van der Waals surface area (Å²) in [6.07, 6.45) is 0.725. The van der Waals surface area contributed by atoms with E-state index in [4.69, 9.17) is 11.6 Å². The molecule has 0 aliphatic carbocycles. The van der Waals surface area contributed by atoms with Gasteiger partial charge in [0, 0.05) is 11.9 Å². The van der Waals surface area contributed by atoms with Crippen LogP contribution in [0, 0.1) is 0 Å². The van der Waals surface area contributed by atoms with Crippen LogP contribution in [0.5, 0.6) is 0 Å². The molecule has 1 N–H and O–H groups in total.